The van der Waals surface area contributed by atoms with Gasteiger partial charge in [-0.2, -0.15) is 5.10 Å². The summed E-state index contributed by atoms with van der Waals surface area (Å²) in [6.45, 7) is 2.63. The Morgan fingerprint density at radius 1 is 1.30 bits per heavy atom. The van der Waals surface area contributed by atoms with Gasteiger partial charge in [-0.1, -0.05) is 18.3 Å². The Hall–Kier alpha value is -3.13. The number of fused-ring (bicyclic) bond motifs is 1. The maximum Gasteiger partial charge on any atom is 0.271 e. The van der Waals surface area contributed by atoms with E-state index in [4.69, 9.17) is 15.2 Å². The maximum atomic E-state index is 12.3. The van der Waals surface area contributed by atoms with E-state index in [1.165, 1.54) is 11.3 Å². The largest absolute Gasteiger partial charge is 0.493 e. The molecule has 27 heavy (non-hydrogen) atoms. The number of anilines is 1. The Bertz CT molecular complexity index is 984. The second-order valence-electron chi connectivity index (χ2n) is 5.69. The number of hydrogen-bond donors (Lipinski definition) is 2. The van der Waals surface area contributed by atoms with E-state index in [0.717, 1.165) is 22.2 Å². The van der Waals surface area contributed by atoms with Crippen LogP contribution in [0, 0.1) is 0 Å². The predicted octanol–water partition coefficient (Wildman–Crippen LogP) is 3.44. The van der Waals surface area contributed by atoms with Gasteiger partial charge in [0.1, 0.15) is 0 Å². The Morgan fingerprint density at radius 3 is 2.93 bits per heavy atom. The highest BCUT2D eigenvalue weighted by Crippen LogP contribution is 2.27. The smallest absolute Gasteiger partial charge is 0.271 e. The van der Waals surface area contributed by atoms with Crippen LogP contribution in [0.2, 0.25) is 0 Å². The molecule has 0 radical (unpaired) electrons. The summed E-state index contributed by atoms with van der Waals surface area (Å²) in [6, 6.07) is 10.7. The maximum absolute atomic E-state index is 12.3. The van der Waals surface area contributed by atoms with Crippen LogP contribution in [-0.2, 0) is 0 Å². The summed E-state index contributed by atoms with van der Waals surface area (Å²) in [4.78, 5) is 16.4. The van der Waals surface area contributed by atoms with Gasteiger partial charge in [0.05, 0.1) is 30.1 Å². The highest BCUT2D eigenvalue weighted by molar-refractivity contribution is 7.22. The van der Waals surface area contributed by atoms with Crippen LogP contribution in [0.1, 0.15) is 29.3 Å². The van der Waals surface area contributed by atoms with Crippen LogP contribution in [0.25, 0.3) is 10.2 Å². The Kier molecular flexibility index (Phi) is 5.87. The molecule has 7 nitrogen and oxygen atoms in total. The minimum atomic E-state index is -0.309. The number of nitrogens with zero attached hydrogens (tertiary/aromatic N) is 2. The molecule has 0 aliphatic rings. The molecule has 3 rings (SSSR count). The lowest BCUT2D eigenvalue weighted by Crippen LogP contribution is -2.17. The van der Waals surface area contributed by atoms with Crippen molar-refractivity contribution in [1.82, 2.24) is 10.4 Å². The van der Waals surface area contributed by atoms with Crippen molar-refractivity contribution < 1.29 is 14.3 Å². The zero-order valence-electron chi connectivity index (χ0n) is 15.1. The molecule has 0 saturated carbocycles. The van der Waals surface area contributed by atoms with E-state index in [1.807, 2.05) is 19.1 Å². The van der Waals surface area contributed by atoms with Gasteiger partial charge >= 0.3 is 0 Å². The fourth-order valence-electron chi connectivity index (χ4n) is 2.41. The molecule has 140 valence electrons. The minimum absolute atomic E-state index is 0.309. The summed E-state index contributed by atoms with van der Waals surface area (Å²) >= 11 is 1.34. The quantitative estimate of drug-likeness (QED) is 0.480. The summed E-state index contributed by atoms with van der Waals surface area (Å²) in [5, 5.41) is 4.50. The van der Waals surface area contributed by atoms with E-state index in [0.29, 0.717) is 28.8 Å². The number of methoxy groups -OCH3 is 1. The van der Waals surface area contributed by atoms with Crippen LogP contribution in [0.4, 0.5) is 5.13 Å². The number of rotatable bonds is 7. The number of nitrogens with two attached hydrogens (primary N) is 1. The number of ether oxygens (including phenoxy) is 2. The highest BCUT2D eigenvalue weighted by atomic mass is 32.1. The molecule has 0 atom stereocenters. The standard InChI is InChI=1S/C19H20N4O3S/c1-3-8-26-16-9-12(4-7-15(16)25-2)11-21-23-18(24)13-5-6-14-17(10-13)27-19(20)22-14/h4-7,9-11H,3,8H2,1-2H3,(H2,20,22)(H,23,24)/b21-11-. The number of hydrogen-bond acceptors (Lipinski definition) is 7. The van der Waals surface area contributed by atoms with E-state index >= 15 is 0 Å². The normalized spacial score (nSPS) is 11.0. The van der Waals surface area contributed by atoms with Crippen molar-refractivity contribution in [3.63, 3.8) is 0 Å². The van der Waals surface area contributed by atoms with Crippen LogP contribution < -0.4 is 20.6 Å². The molecule has 3 aromatic rings. The van der Waals surface area contributed by atoms with Crippen LogP contribution in [0.3, 0.4) is 0 Å². The van der Waals surface area contributed by atoms with E-state index in [1.54, 1.807) is 37.6 Å². The number of amides is 1. The van der Waals surface area contributed by atoms with E-state index < -0.39 is 0 Å². The Balaban J connectivity index is 1.69. The third kappa shape index (κ3) is 4.53. The van der Waals surface area contributed by atoms with Gasteiger partial charge in [0.2, 0.25) is 0 Å². The van der Waals surface area contributed by atoms with Crippen LogP contribution >= 0.6 is 11.3 Å². The van der Waals surface area contributed by atoms with Crippen LogP contribution in [-0.4, -0.2) is 30.8 Å². The van der Waals surface area contributed by atoms with Crippen molar-refractivity contribution in [3.05, 3.63) is 47.5 Å². The SMILES string of the molecule is CCCOc1cc(/C=N\NC(=O)c2ccc3nc(N)sc3c2)ccc1OC. The molecule has 1 heterocycles. The number of carbonyl (C=O) groups is 1. The number of thiazole rings is 1. The molecule has 2 aromatic carbocycles. The van der Waals surface area contributed by atoms with Crippen molar-refractivity contribution in [1.29, 1.82) is 0 Å². The van der Waals surface area contributed by atoms with Gasteiger partial charge in [-0.25, -0.2) is 10.4 Å². The number of hydrazone groups is 1. The monoisotopic (exact) mass is 384 g/mol. The molecule has 0 unspecified atom stereocenters. The molecule has 0 spiro atoms. The molecule has 0 fully saturated rings. The fraction of sp³-hybridized carbons (Fsp3) is 0.211. The summed E-state index contributed by atoms with van der Waals surface area (Å²) in [7, 11) is 1.59. The molecule has 0 bridgehead atoms. The first kappa shape index (κ1) is 18.7. The number of benzene rings is 2. The topological polar surface area (TPSA) is 98.8 Å². The molecule has 3 N–H and O–H groups in total. The molecule has 1 amide bonds. The Morgan fingerprint density at radius 2 is 2.15 bits per heavy atom. The van der Waals surface area contributed by atoms with Crippen molar-refractivity contribution in [3.8, 4) is 11.5 Å². The van der Waals surface area contributed by atoms with Gasteiger partial charge in [-0.3, -0.25) is 4.79 Å². The lowest BCUT2D eigenvalue weighted by Gasteiger charge is -2.10. The zero-order chi connectivity index (χ0) is 19.2. The zero-order valence-corrected chi connectivity index (χ0v) is 15.9. The molecule has 0 aliphatic heterocycles. The molecule has 0 aliphatic carbocycles. The second kappa shape index (κ2) is 8.50. The number of nitrogens with one attached hydrogen (secondary N) is 1. The highest BCUT2D eigenvalue weighted by Gasteiger charge is 2.08. The number of carbonyl (C=O) groups excluding carboxylic acids is 1. The first-order chi connectivity index (χ1) is 13.1. The first-order valence-electron chi connectivity index (χ1n) is 8.41. The van der Waals surface area contributed by atoms with Crippen LogP contribution in [0.5, 0.6) is 11.5 Å². The average Bonchev–Trinajstić information content (AvgIpc) is 3.05. The summed E-state index contributed by atoms with van der Waals surface area (Å²) in [5.41, 5.74) is 10.3. The van der Waals surface area contributed by atoms with Crippen LogP contribution in [0.15, 0.2) is 41.5 Å². The second-order valence-corrected chi connectivity index (χ2v) is 6.75. The van der Waals surface area contributed by atoms with Gasteiger partial charge in [0, 0.05) is 5.56 Å². The molecular weight excluding hydrogens is 364 g/mol. The lowest BCUT2D eigenvalue weighted by atomic mass is 10.2. The predicted molar refractivity (Wildman–Crippen MR) is 108 cm³/mol. The van der Waals surface area contributed by atoms with Crippen molar-refractivity contribution >= 4 is 38.8 Å². The number of aromatic nitrogens is 1. The van der Waals surface area contributed by atoms with Gasteiger partial charge < -0.3 is 15.2 Å². The molecule has 0 saturated heterocycles. The van der Waals surface area contributed by atoms with Crippen molar-refractivity contribution in [2.75, 3.05) is 19.5 Å². The Labute approximate surface area is 160 Å². The average molecular weight is 384 g/mol. The molecule has 8 heteroatoms. The summed E-state index contributed by atoms with van der Waals surface area (Å²) in [6.07, 6.45) is 2.45. The van der Waals surface area contributed by atoms with Gasteiger partial charge in [0.15, 0.2) is 16.6 Å². The van der Waals surface area contributed by atoms with E-state index in [2.05, 4.69) is 15.5 Å². The summed E-state index contributed by atoms with van der Waals surface area (Å²) < 4.78 is 11.8. The molecule has 1 aromatic heterocycles. The fourth-order valence-corrected chi connectivity index (χ4v) is 3.19. The van der Waals surface area contributed by atoms with Gasteiger partial charge in [-0.15, -0.1) is 0 Å². The van der Waals surface area contributed by atoms with Gasteiger partial charge in [0.25, 0.3) is 5.91 Å². The van der Waals surface area contributed by atoms with Crippen molar-refractivity contribution in [2.45, 2.75) is 13.3 Å². The summed E-state index contributed by atoms with van der Waals surface area (Å²) in [5.74, 6) is 0.987. The lowest BCUT2D eigenvalue weighted by molar-refractivity contribution is 0.0955. The van der Waals surface area contributed by atoms with Crippen molar-refractivity contribution in [2.24, 2.45) is 5.10 Å². The number of nitrogen functional groups attached to an aromatic ring is 1. The third-order valence-electron chi connectivity index (χ3n) is 3.70. The van der Waals surface area contributed by atoms with E-state index in [-0.39, 0.29) is 5.91 Å². The third-order valence-corrected chi connectivity index (χ3v) is 4.54. The molecular formula is C19H20N4O3S. The van der Waals surface area contributed by atoms with E-state index in [9.17, 15) is 4.79 Å². The minimum Gasteiger partial charge on any atom is -0.493 e. The van der Waals surface area contributed by atoms with Gasteiger partial charge in [-0.05, 0) is 48.4 Å². The first-order valence-corrected chi connectivity index (χ1v) is 9.22.